The number of hydrogen-bond acceptors (Lipinski definition) is 3. The predicted octanol–water partition coefficient (Wildman–Crippen LogP) is 4.39. The third-order valence-corrected chi connectivity index (χ3v) is 3.17. The SMILES string of the molecule is C=Cc1ccc(OCCNC(=O)OC(C)(C)C)c2ccccc12. The summed E-state index contributed by atoms with van der Waals surface area (Å²) in [5.74, 6) is 0.789. The van der Waals surface area contributed by atoms with Crippen LogP contribution in [0.25, 0.3) is 16.8 Å². The fourth-order valence-corrected chi connectivity index (χ4v) is 2.23. The molecule has 4 nitrogen and oxygen atoms in total. The molecule has 2 aromatic carbocycles. The zero-order valence-corrected chi connectivity index (χ0v) is 13.9. The molecule has 0 aliphatic rings. The van der Waals surface area contributed by atoms with Gasteiger partial charge in [-0.3, -0.25) is 0 Å². The van der Waals surface area contributed by atoms with Gasteiger partial charge in [0.15, 0.2) is 0 Å². The molecular formula is C19H23NO3. The average molecular weight is 313 g/mol. The van der Waals surface area contributed by atoms with Gasteiger partial charge < -0.3 is 14.8 Å². The first kappa shape index (κ1) is 16.9. The molecule has 23 heavy (non-hydrogen) atoms. The molecule has 0 bridgehead atoms. The lowest BCUT2D eigenvalue weighted by Gasteiger charge is -2.19. The van der Waals surface area contributed by atoms with E-state index in [4.69, 9.17) is 9.47 Å². The van der Waals surface area contributed by atoms with Crippen molar-refractivity contribution in [2.45, 2.75) is 26.4 Å². The Morgan fingerprint density at radius 3 is 2.52 bits per heavy atom. The molecule has 1 amide bonds. The molecule has 0 saturated heterocycles. The van der Waals surface area contributed by atoms with E-state index in [1.54, 1.807) is 0 Å². The van der Waals surface area contributed by atoms with Crippen molar-refractivity contribution in [2.75, 3.05) is 13.2 Å². The number of benzene rings is 2. The molecule has 0 aliphatic heterocycles. The maximum absolute atomic E-state index is 11.6. The van der Waals surface area contributed by atoms with Crippen LogP contribution in [0.3, 0.4) is 0 Å². The van der Waals surface area contributed by atoms with Crippen LogP contribution in [0, 0.1) is 0 Å². The maximum Gasteiger partial charge on any atom is 0.407 e. The number of hydrogen-bond donors (Lipinski definition) is 1. The zero-order valence-electron chi connectivity index (χ0n) is 13.9. The normalized spacial score (nSPS) is 11.1. The number of nitrogens with one attached hydrogen (secondary N) is 1. The van der Waals surface area contributed by atoms with Crippen molar-refractivity contribution in [3.8, 4) is 5.75 Å². The van der Waals surface area contributed by atoms with Gasteiger partial charge in [-0.05, 0) is 37.8 Å². The van der Waals surface area contributed by atoms with Crippen LogP contribution in [-0.2, 0) is 4.74 Å². The number of fused-ring (bicyclic) bond motifs is 1. The summed E-state index contributed by atoms with van der Waals surface area (Å²) >= 11 is 0. The maximum atomic E-state index is 11.6. The second kappa shape index (κ2) is 7.18. The third-order valence-electron chi connectivity index (χ3n) is 3.17. The lowest BCUT2D eigenvalue weighted by Crippen LogP contribution is -2.34. The van der Waals surface area contributed by atoms with Gasteiger partial charge in [0, 0.05) is 5.39 Å². The highest BCUT2D eigenvalue weighted by Crippen LogP contribution is 2.29. The molecule has 0 heterocycles. The van der Waals surface area contributed by atoms with E-state index in [0.29, 0.717) is 13.2 Å². The fraction of sp³-hybridized carbons (Fsp3) is 0.316. The third kappa shape index (κ3) is 4.74. The molecule has 0 spiro atoms. The minimum atomic E-state index is -0.498. The number of alkyl carbamates (subject to hydrolysis) is 1. The van der Waals surface area contributed by atoms with Crippen molar-refractivity contribution in [2.24, 2.45) is 0 Å². The number of carbonyl (C=O) groups is 1. The summed E-state index contributed by atoms with van der Waals surface area (Å²) in [4.78, 5) is 11.6. The van der Waals surface area contributed by atoms with Gasteiger partial charge in [-0.1, -0.05) is 43.0 Å². The molecule has 0 atom stereocenters. The van der Waals surface area contributed by atoms with E-state index in [-0.39, 0.29) is 0 Å². The Morgan fingerprint density at radius 1 is 1.17 bits per heavy atom. The van der Waals surface area contributed by atoms with E-state index >= 15 is 0 Å². The van der Waals surface area contributed by atoms with Crippen LogP contribution in [0.5, 0.6) is 5.75 Å². The monoisotopic (exact) mass is 313 g/mol. The van der Waals surface area contributed by atoms with Crippen molar-refractivity contribution in [1.29, 1.82) is 0 Å². The second-order valence-corrected chi connectivity index (χ2v) is 6.18. The standard InChI is InChI=1S/C19H23NO3/c1-5-14-10-11-17(16-9-7-6-8-15(14)16)22-13-12-20-18(21)23-19(2,3)4/h5-11H,1,12-13H2,2-4H3,(H,20,21). The number of ether oxygens (including phenoxy) is 2. The van der Waals surface area contributed by atoms with Crippen molar-refractivity contribution >= 4 is 22.9 Å². The zero-order chi connectivity index (χ0) is 16.9. The van der Waals surface area contributed by atoms with E-state index in [9.17, 15) is 4.79 Å². The molecule has 0 saturated carbocycles. The Bertz CT molecular complexity index is 701. The van der Waals surface area contributed by atoms with Gasteiger partial charge >= 0.3 is 6.09 Å². The number of rotatable bonds is 5. The van der Waals surface area contributed by atoms with Crippen molar-refractivity contribution < 1.29 is 14.3 Å². The number of carbonyl (C=O) groups excluding carboxylic acids is 1. The van der Waals surface area contributed by atoms with Crippen molar-refractivity contribution in [3.05, 3.63) is 48.5 Å². The first-order valence-electron chi connectivity index (χ1n) is 7.64. The minimum absolute atomic E-state index is 0.372. The smallest absolute Gasteiger partial charge is 0.407 e. The van der Waals surface area contributed by atoms with E-state index in [1.807, 2.05) is 63.2 Å². The molecule has 0 radical (unpaired) electrons. The topological polar surface area (TPSA) is 47.6 Å². The molecule has 0 unspecified atom stereocenters. The second-order valence-electron chi connectivity index (χ2n) is 6.18. The van der Waals surface area contributed by atoms with Gasteiger partial charge in [0.05, 0.1) is 6.54 Å². The van der Waals surface area contributed by atoms with Crippen molar-refractivity contribution in [3.63, 3.8) is 0 Å². The Labute approximate surface area is 137 Å². The number of amides is 1. The Kier molecular flexibility index (Phi) is 5.27. The first-order chi connectivity index (χ1) is 10.9. The molecule has 4 heteroatoms. The molecule has 0 aromatic heterocycles. The van der Waals surface area contributed by atoms with E-state index in [0.717, 1.165) is 22.1 Å². The highest BCUT2D eigenvalue weighted by molar-refractivity contribution is 5.94. The van der Waals surface area contributed by atoms with Gasteiger partial charge in [0.25, 0.3) is 0 Å². The van der Waals surface area contributed by atoms with E-state index < -0.39 is 11.7 Å². The highest BCUT2D eigenvalue weighted by atomic mass is 16.6. The van der Waals surface area contributed by atoms with Crippen LogP contribution in [0.1, 0.15) is 26.3 Å². The molecule has 2 rings (SSSR count). The van der Waals surface area contributed by atoms with Gasteiger partial charge in [-0.15, -0.1) is 0 Å². The van der Waals surface area contributed by atoms with Gasteiger partial charge in [0.1, 0.15) is 18.0 Å². The highest BCUT2D eigenvalue weighted by Gasteiger charge is 2.15. The van der Waals surface area contributed by atoms with Gasteiger partial charge in [0.2, 0.25) is 0 Å². The summed E-state index contributed by atoms with van der Waals surface area (Å²) in [7, 11) is 0. The summed E-state index contributed by atoms with van der Waals surface area (Å²) in [6.07, 6.45) is 1.39. The van der Waals surface area contributed by atoms with Crippen LogP contribution in [0.15, 0.2) is 43.0 Å². The minimum Gasteiger partial charge on any atom is -0.491 e. The quantitative estimate of drug-likeness (QED) is 0.833. The van der Waals surface area contributed by atoms with E-state index in [2.05, 4.69) is 11.9 Å². The Balaban J connectivity index is 1.96. The summed E-state index contributed by atoms with van der Waals surface area (Å²) in [5, 5.41) is 4.80. The molecule has 2 aromatic rings. The van der Waals surface area contributed by atoms with Crippen LogP contribution >= 0.6 is 0 Å². The van der Waals surface area contributed by atoms with E-state index in [1.165, 1.54) is 0 Å². The molecular weight excluding hydrogens is 290 g/mol. The van der Waals surface area contributed by atoms with Crippen LogP contribution in [0.4, 0.5) is 4.79 Å². The molecule has 1 N–H and O–H groups in total. The van der Waals surface area contributed by atoms with Crippen LogP contribution in [-0.4, -0.2) is 24.8 Å². The average Bonchev–Trinajstić information content (AvgIpc) is 2.49. The predicted molar refractivity (Wildman–Crippen MR) is 93.8 cm³/mol. The van der Waals surface area contributed by atoms with Crippen LogP contribution < -0.4 is 10.1 Å². The largest absolute Gasteiger partial charge is 0.491 e. The molecule has 0 aliphatic carbocycles. The summed E-state index contributed by atoms with van der Waals surface area (Å²) in [6, 6.07) is 11.9. The fourth-order valence-electron chi connectivity index (χ4n) is 2.23. The molecule has 0 fully saturated rings. The summed E-state index contributed by atoms with van der Waals surface area (Å²) in [5.41, 5.74) is 0.571. The summed E-state index contributed by atoms with van der Waals surface area (Å²) in [6.45, 7) is 10.1. The van der Waals surface area contributed by atoms with Crippen LogP contribution in [0.2, 0.25) is 0 Å². The lowest BCUT2D eigenvalue weighted by atomic mass is 10.0. The Hall–Kier alpha value is -2.49. The lowest BCUT2D eigenvalue weighted by molar-refractivity contribution is 0.0520. The first-order valence-corrected chi connectivity index (χ1v) is 7.64. The Morgan fingerprint density at radius 2 is 1.87 bits per heavy atom. The van der Waals surface area contributed by atoms with Gasteiger partial charge in [-0.2, -0.15) is 0 Å². The van der Waals surface area contributed by atoms with Crippen molar-refractivity contribution in [1.82, 2.24) is 5.32 Å². The van der Waals surface area contributed by atoms with Gasteiger partial charge in [-0.25, -0.2) is 4.79 Å². The molecule has 122 valence electrons. The summed E-state index contributed by atoms with van der Waals surface area (Å²) < 4.78 is 11.0.